The molecule has 0 aliphatic heterocycles. The second kappa shape index (κ2) is 7.51. The van der Waals surface area contributed by atoms with E-state index in [1.54, 1.807) is 7.11 Å². The van der Waals surface area contributed by atoms with Gasteiger partial charge in [0.15, 0.2) is 0 Å². The molecule has 19 heavy (non-hydrogen) atoms. The Morgan fingerprint density at radius 2 is 2.21 bits per heavy atom. The molecular formula is C16H25NO2. The first kappa shape index (κ1) is 14.4. The van der Waals surface area contributed by atoms with Gasteiger partial charge in [0, 0.05) is 19.3 Å². The number of nitrogens with one attached hydrogen (secondary N) is 1. The van der Waals surface area contributed by atoms with Crippen molar-refractivity contribution in [2.75, 3.05) is 26.9 Å². The molecule has 1 aromatic rings. The highest BCUT2D eigenvalue weighted by molar-refractivity contribution is 5.37. The maximum absolute atomic E-state index is 5.35. The van der Waals surface area contributed by atoms with Gasteiger partial charge in [-0.2, -0.15) is 0 Å². The monoisotopic (exact) mass is 263 g/mol. The van der Waals surface area contributed by atoms with Crippen LogP contribution in [-0.2, 0) is 17.6 Å². The van der Waals surface area contributed by atoms with Crippen molar-refractivity contribution >= 4 is 0 Å². The van der Waals surface area contributed by atoms with Gasteiger partial charge in [-0.25, -0.2) is 0 Å². The third kappa shape index (κ3) is 4.22. The first-order valence-corrected chi connectivity index (χ1v) is 7.30. The van der Waals surface area contributed by atoms with Crippen LogP contribution >= 0.6 is 0 Å². The van der Waals surface area contributed by atoms with E-state index in [-0.39, 0.29) is 0 Å². The van der Waals surface area contributed by atoms with Crippen molar-refractivity contribution in [3.8, 4) is 5.75 Å². The third-order valence-electron chi connectivity index (χ3n) is 3.74. The second-order valence-corrected chi connectivity index (χ2v) is 5.08. The van der Waals surface area contributed by atoms with Crippen LogP contribution in [0.25, 0.3) is 0 Å². The number of fused-ring (bicyclic) bond motifs is 1. The van der Waals surface area contributed by atoms with Crippen molar-refractivity contribution in [3.63, 3.8) is 0 Å². The minimum atomic E-state index is 0.598. The summed E-state index contributed by atoms with van der Waals surface area (Å²) in [6, 6.07) is 7.05. The van der Waals surface area contributed by atoms with E-state index in [0.29, 0.717) is 6.04 Å². The smallest absolute Gasteiger partial charge is 0.119 e. The van der Waals surface area contributed by atoms with Crippen molar-refractivity contribution in [1.29, 1.82) is 0 Å². The predicted molar refractivity (Wildman–Crippen MR) is 77.9 cm³/mol. The number of aryl methyl sites for hydroxylation is 1. The summed E-state index contributed by atoms with van der Waals surface area (Å²) < 4.78 is 10.7. The largest absolute Gasteiger partial charge is 0.497 e. The van der Waals surface area contributed by atoms with Gasteiger partial charge in [0.2, 0.25) is 0 Å². The van der Waals surface area contributed by atoms with Gasteiger partial charge in [-0.05, 0) is 62.4 Å². The Bertz CT molecular complexity index is 392. The molecule has 0 amide bonds. The Morgan fingerprint density at radius 3 is 3.00 bits per heavy atom. The van der Waals surface area contributed by atoms with Crippen LogP contribution in [0.4, 0.5) is 0 Å². The zero-order chi connectivity index (χ0) is 13.5. The third-order valence-corrected chi connectivity index (χ3v) is 3.74. The van der Waals surface area contributed by atoms with Crippen LogP contribution in [0.5, 0.6) is 5.75 Å². The number of ether oxygens (including phenoxy) is 2. The van der Waals surface area contributed by atoms with Gasteiger partial charge in [0.05, 0.1) is 7.11 Å². The van der Waals surface area contributed by atoms with Crippen LogP contribution in [0.3, 0.4) is 0 Å². The molecular weight excluding hydrogens is 238 g/mol. The summed E-state index contributed by atoms with van der Waals surface area (Å²) in [6.07, 6.45) is 4.60. The summed E-state index contributed by atoms with van der Waals surface area (Å²) >= 11 is 0. The van der Waals surface area contributed by atoms with Crippen LogP contribution in [0.2, 0.25) is 0 Å². The Balaban J connectivity index is 1.80. The summed E-state index contributed by atoms with van der Waals surface area (Å²) in [5, 5.41) is 3.64. The molecule has 3 heteroatoms. The normalized spacial score (nSPS) is 18.1. The lowest BCUT2D eigenvalue weighted by molar-refractivity contribution is 0.144. The number of hydrogen-bond donors (Lipinski definition) is 1. The molecule has 2 rings (SSSR count). The molecule has 0 spiro atoms. The Kier molecular flexibility index (Phi) is 5.67. The topological polar surface area (TPSA) is 30.5 Å². The van der Waals surface area contributed by atoms with E-state index in [1.807, 2.05) is 6.92 Å². The summed E-state index contributed by atoms with van der Waals surface area (Å²) in [7, 11) is 1.73. The van der Waals surface area contributed by atoms with E-state index in [9.17, 15) is 0 Å². The van der Waals surface area contributed by atoms with E-state index in [1.165, 1.54) is 24.0 Å². The minimum Gasteiger partial charge on any atom is -0.497 e. The van der Waals surface area contributed by atoms with Gasteiger partial charge >= 0.3 is 0 Å². The van der Waals surface area contributed by atoms with Crippen molar-refractivity contribution in [3.05, 3.63) is 29.3 Å². The summed E-state index contributed by atoms with van der Waals surface area (Å²) in [5.41, 5.74) is 2.92. The molecule has 0 heterocycles. The van der Waals surface area contributed by atoms with Gasteiger partial charge < -0.3 is 14.8 Å². The molecule has 0 saturated heterocycles. The lowest BCUT2D eigenvalue weighted by Gasteiger charge is -2.26. The average Bonchev–Trinajstić information content (AvgIpc) is 2.46. The molecule has 1 atom stereocenters. The summed E-state index contributed by atoms with van der Waals surface area (Å²) in [4.78, 5) is 0. The van der Waals surface area contributed by atoms with E-state index < -0.39 is 0 Å². The van der Waals surface area contributed by atoms with E-state index >= 15 is 0 Å². The fourth-order valence-corrected chi connectivity index (χ4v) is 2.66. The van der Waals surface area contributed by atoms with Crippen LogP contribution in [-0.4, -0.2) is 32.9 Å². The molecule has 3 nitrogen and oxygen atoms in total. The van der Waals surface area contributed by atoms with Gasteiger partial charge in [0.1, 0.15) is 5.75 Å². The molecule has 1 aliphatic rings. The number of hydrogen-bond acceptors (Lipinski definition) is 3. The van der Waals surface area contributed by atoms with Crippen LogP contribution < -0.4 is 10.1 Å². The molecule has 0 aromatic heterocycles. The first-order chi connectivity index (χ1) is 9.33. The maximum atomic E-state index is 5.35. The highest BCUT2D eigenvalue weighted by Gasteiger charge is 2.18. The zero-order valence-electron chi connectivity index (χ0n) is 12.1. The lowest BCUT2D eigenvalue weighted by atomic mass is 9.88. The van der Waals surface area contributed by atoms with Crippen molar-refractivity contribution in [1.82, 2.24) is 5.32 Å². The van der Waals surface area contributed by atoms with Gasteiger partial charge in [-0.15, -0.1) is 0 Å². The standard InChI is InChI=1S/C16H25NO2/c1-3-19-10-4-9-17-15-7-5-13-6-8-16(18-2)12-14(13)11-15/h6,8,12,15,17H,3-5,7,9-11H2,1-2H3. The molecule has 106 valence electrons. The average molecular weight is 263 g/mol. The molecule has 0 fully saturated rings. The fourth-order valence-electron chi connectivity index (χ4n) is 2.66. The molecule has 0 saturated carbocycles. The molecule has 0 radical (unpaired) electrons. The summed E-state index contributed by atoms with van der Waals surface area (Å²) in [5.74, 6) is 0.968. The molecule has 0 bridgehead atoms. The molecule has 1 aromatic carbocycles. The Morgan fingerprint density at radius 1 is 1.32 bits per heavy atom. The van der Waals surface area contributed by atoms with Crippen LogP contribution in [0.15, 0.2) is 18.2 Å². The fraction of sp³-hybridized carbons (Fsp3) is 0.625. The SMILES string of the molecule is CCOCCCNC1CCc2ccc(OC)cc2C1. The van der Waals surface area contributed by atoms with Crippen molar-refractivity contribution in [2.24, 2.45) is 0 Å². The molecule has 1 N–H and O–H groups in total. The predicted octanol–water partition coefficient (Wildman–Crippen LogP) is 2.57. The molecule has 1 unspecified atom stereocenters. The first-order valence-electron chi connectivity index (χ1n) is 7.30. The van der Waals surface area contributed by atoms with Crippen LogP contribution in [0, 0.1) is 0 Å². The number of rotatable bonds is 7. The number of methoxy groups -OCH3 is 1. The lowest BCUT2D eigenvalue weighted by Crippen LogP contribution is -2.35. The van der Waals surface area contributed by atoms with Gasteiger partial charge in [-0.3, -0.25) is 0 Å². The van der Waals surface area contributed by atoms with Gasteiger partial charge in [0.25, 0.3) is 0 Å². The van der Waals surface area contributed by atoms with Crippen molar-refractivity contribution < 1.29 is 9.47 Å². The quantitative estimate of drug-likeness (QED) is 0.767. The maximum Gasteiger partial charge on any atom is 0.119 e. The highest BCUT2D eigenvalue weighted by Crippen LogP contribution is 2.25. The zero-order valence-corrected chi connectivity index (χ0v) is 12.1. The Labute approximate surface area is 116 Å². The van der Waals surface area contributed by atoms with E-state index in [4.69, 9.17) is 9.47 Å². The number of benzene rings is 1. The van der Waals surface area contributed by atoms with Gasteiger partial charge in [-0.1, -0.05) is 6.07 Å². The van der Waals surface area contributed by atoms with E-state index in [2.05, 4.69) is 23.5 Å². The Hall–Kier alpha value is -1.06. The molecule has 1 aliphatic carbocycles. The van der Waals surface area contributed by atoms with Crippen LogP contribution in [0.1, 0.15) is 30.9 Å². The highest BCUT2D eigenvalue weighted by atomic mass is 16.5. The minimum absolute atomic E-state index is 0.598. The van der Waals surface area contributed by atoms with Crippen molar-refractivity contribution in [2.45, 2.75) is 38.6 Å². The second-order valence-electron chi connectivity index (χ2n) is 5.08. The summed E-state index contributed by atoms with van der Waals surface area (Å²) in [6.45, 7) is 4.76. The van der Waals surface area contributed by atoms with E-state index in [0.717, 1.165) is 38.3 Å².